The van der Waals surface area contributed by atoms with Crippen molar-refractivity contribution >= 4 is 11.9 Å². The van der Waals surface area contributed by atoms with E-state index >= 15 is 0 Å². The smallest absolute Gasteiger partial charge is 0.462 e. The molecule has 0 aromatic heterocycles. The fraction of sp³-hybridized carbons (Fsp3) is 0.750. The molecule has 3 N–H and O–H groups in total. The molecule has 0 saturated heterocycles. The summed E-state index contributed by atoms with van der Waals surface area (Å²) in [6.07, 6.45) is 0.549. The SMILES string of the molecule is C=CC(=O)OCCOC(C)=O.CC(C)O.CC(C)O.CC(C)O.[Ti+4]. The molecule has 0 saturated carbocycles. The van der Waals surface area contributed by atoms with Crippen LogP contribution in [-0.2, 0) is 40.8 Å². The Hall–Kier alpha value is -0.726. The van der Waals surface area contributed by atoms with Gasteiger partial charge in [-0.1, -0.05) is 6.58 Å². The predicted molar refractivity (Wildman–Crippen MR) is 89.9 cm³/mol. The van der Waals surface area contributed by atoms with Gasteiger partial charge in [-0.15, -0.1) is 0 Å². The minimum Gasteiger partial charge on any atom is -0.462 e. The van der Waals surface area contributed by atoms with Crippen LogP contribution in [-0.4, -0.2) is 58.8 Å². The maximum Gasteiger partial charge on any atom is 4.00 e. The molecule has 0 atom stereocenters. The van der Waals surface area contributed by atoms with E-state index in [1.54, 1.807) is 41.5 Å². The van der Waals surface area contributed by atoms with Gasteiger partial charge in [-0.2, -0.15) is 0 Å². The van der Waals surface area contributed by atoms with Gasteiger partial charge in [0.05, 0.1) is 0 Å². The number of esters is 2. The molecule has 0 bridgehead atoms. The molecule has 0 unspecified atom stereocenters. The average molecular weight is 386 g/mol. The second-order valence-corrected chi connectivity index (χ2v) is 4.99. The number of hydrogen-bond donors (Lipinski definition) is 3. The van der Waals surface area contributed by atoms with E-state index in [1.807, 2.05) is 0 Å². The third-order valence-electron chi connectivity index (χ3n) is 0.800. The van der Waals surface area contributed by atoms with Crippen LogP contribution >= 0.6 is 0 Å². The number of aliphatic hydroxyl groups is 3. The Kier molecular flexibility index (Phi) is 39.1. The van der Waals surface area contributed by atoms with Crippen LogP contribution in [0.4, 0.5) is 0 Å². The van der Waals surface area contributed by atoms with E-state index in [9.17, 15) is 9.59 Å². The van der Waals surface area contributed by atoms with Crippen LogP contribution in [0.15, 0.2) is 12.7 Å². The van der Waals surface area contributed by atoms with Crippen molar-refractivity contribution in [2.75, 3.05) is 13.2 Å². The summed E-state index contributed by atoms with van der Waals surface area (Å²) in [6, 6.07) is 0. The van der Waals surface area contributed by atoms with Gasteiger partial charge in [0.2, 0.25) is 0 Å². The molecule has 0 aliphatic rings. The van der Waals surface area contributed by atoms with Gasteiger partial charge in [-0.25, -0.2) is 4.79 Å². The summed E-state index contributed by atoms with van der Waals surface area (Å²) in [5.74, 6) is -0.906. The largest absolute Gasteiger partial charge is 4.00 e. The second-order valence-electron chi connectivity index (χ2n) is 4.99. The Balaban J connectivity index is -0.0000000772. The van der Waals surface area contributed by atoms with Crippen LogP contribution in [0.3, 0.4) is 0 Å². The van der Waals surface area contributed by atoms with Crippen molar-refractivity contribution < 1.29 is 56.1 Å². The monoisotopic (exact) mass is 386 g/mol. The average Bonchev–Trinajstić information content (AvgIpc) is 2.32. The molecule has 0 aromatic carbocycles. The van der Waals surface area contributed by atoms with Crippen LogP contribution in [0.2, 0.25) is 0 Å². The number of ether oxygens (including phenoxy) is 2. The summed E-state index contributed by atoms with van der Waals surface area (Å²) in [5, 5.41) is 24.2. The van der Waals surface area contributed by atoms with E-state index in [-0.39, 0.29) is 59.2 Å². The molecule has 0 amide bonds. The van der Waals surface area contributed by atoms with Crippen molar-refractivity contribution in [3.05, 3.63) is 12.7 Å². The van der Waals surface area contributed by atoms with Crippen LogP contribution in [0.25, 0.3) is 0 Å². The van der Waals surface area contributed by atoms with Crippen molar-refractivity contribution in [3.8, 4) is 0 Å². The van der Waals surface area contributed by atoms with Gasteiger partial charge in [-0.05, 0) is 41.5 Å². The van der Waals surface area contributed by atoms with Crippen molar-refractivity contribution in [3.63, 3.8) is 0 Å². The molecule has 8 heteroatoms. The first kappa shape index (κ1) is 34.6. The first-order chi connectivity index (χ1) is 10.4. The molecule has 140 valence electrons. The van der Waals surface area contributed by atoms with Gasteiger partial charge in [0.15, 0.2) is 0 Å². The molecule has 0 spiro atoms. The summed E-state index contributed by atoms with van der Waals surface area (Å²) < 4.78 is 8.99. The summed E-state index contributed by atoms with van der Waals surface area (Å²) in [5.41, 5.74) is 0. The number of aliphatic hydroxyl groups excluding tert-OH is 3. The third-order valence-corrected chi connectivity index (χ3v) is 0.800. The molecule has 0 fully saturated rings. The van der Waals surface area contributed by atoms with E-state index in [0.717, 1.165) is 6.08 Å². The molecule has 24 heavy (non-hydrogen) atoms. The third kappa shape index (κ3) is 128. The number of rotatable bonds is 4. The number of carbonyl (C=O) groups excluding carboxylic acids is 2. The molecular weight excluding hydrogens is 352 g/mol. The molecule has 7 nitrogen and oxygen atoms in total. The fourth-order valence-corrected chi connectivity index (χ4v) is 0.387. The molecular formula is C16H34O7Ti+4. The molecule has 0 aliphatic carbocycles. The first-order valence-electron chi connectivity index (χ1n) is 7.33. The second kappa shape index (κ2) is 27.1. The van der Waals surface area contributed by atoms with Gasteiger partial charge < -0.3 is 24.8 Å². The molecule has 0 aliphatic heterocycles. The standard InChI is InChI=1S/C7H10O4.3C3H8O.Ti/c1-3-7(9)11-5-4-10-6(2)8;3*1-3(2)4;/h3H,1,4-5H2,2H3;3*3-4H,1-2H3;/q;;;;+4. The molecule has 0 aromatic rings. The minimum atomic E-state index is -0.517. The van der Waals surface area contributed by atoms with Gasteiger partial charge >= 0.3 is 33.7 Å². The molecule has 0 radical (unpaired) electrons. The van der Waals surface area contributed by atoms with Crippen molar-refractivity contribution in [2.45, 2.75) is 66.8 Å². The fourth-order valence-electron chi connectivity index (χ4n) is 0.387. The maximum atomic E-state index is 10.4. The normalized spacial score (nSPS) is 8.38. The quantitative estimate of drug-likeness (QED) is 0.290. The molecule has 0 heterocycles. The van der Waals surface area contributed by atoms with E-state index < -0.39 is 5.97 Å². The first-order valence-corrected chi connectivity index (χ1v) is 7.33. The van der Waals surface area contributed by atoms with Gasteiger partial charge in [0.1, 0.15) is 13.2 Å². The Morgan fingerprint density at radius 2 is 1.12 bits per heavy atom. The maximum absolute atomic E-state index is 10.4. The summed E-state index contributed by atoms with van der Waals surface area (Å²) in [7, 11) is 0. The van der Waals surface area contributed by atoms with E-state index in [0.29, 0.717) is 0 Å². The van der Waals surface area contributed by atoms with Crippen molar-refractivity contribution in [2.24, 2.45) is 0 Å². The topological polar surface area (TPSA) is 113 Å². The van der Waals surface area contributed by atoms with Crippen LogP contribution in [0.1, 0.15) is 48.5 Å². The van der Waals surface area contributed by atoms with Gasteiger partial charge in [0, 0.05) is 31.3 Å². The summed E-state index contributed by atoms with van der Waals surface area (Å²) in [6.45, 7) is 15.0. The summed E-state index contributed by atoms with van der Waals surface area (Å²) >= 11 is 0. The van der Waals surface area contributed by atoms with Crippen LogP contribution in [0, 0.1) is 0 Å². The van der Waals surface area contributed by atoms with E-state index in [4.69, 9.17) is 15.3 Å². The predicted octanol–water partition coefficient (Wildman–Crippen LogP) is 1.44. The zero-order valence-corrected chi connectivity index (χ0v) is 17.5. The van der Waals surface area contributed by atoms with Gasteiger partial charge in [0.25, 0.3) is 0 Å². The summed E-state index contributed by atoms with van der Waals surface area (Å²) in [4.78, 5) is 20.6. The Labute approximate surface area is 160 Å². The Morgan fingerprint density at radius 3 is 1.33 bits per heavy atom. The van der Waals surface area contributed by atoms with Crippen LogP contribution < -0.4 is 0 Å². The Bertz CT molecular complexity index is 257. The Morgan fingerprint density at radius 1 is 0.875 bits per heavy atom. The van der Waals surface area contributed by atoms with Crippen LogP contribution in [0.5, 0.6) is 0 Å². The minimum absolute atomic E-state index is 0. The number of hydrogen-bond acceptors (Lipinski definition) is 7. The van der Waals surface area contributed by atoms with Crippen molar-refractivity contribution in [1.82, 2.24) is 0 Å². The van der Waals surface area contributed by atoms with Crippen molar-refractivity contribution in [1.29, 1.82) is 0 Å². The number of carbonyl (C=O) groups is 2. The van der Waals surface area contributed by atoms with E-state index in [2.05, 4.69) is 16.1 Å². The zero-order valence-electron chi connectivity index (χ0n) is 15.9. The zero-order chi connectivity index (χ0) is 19.4. The molecule has 0 rings (SSSR count). The van der Waals surface area contributed by atoms with Gasteiger partial charge in [-0.3, -0.25) is 4.79 Å². The van der Waals surface area contributed by atoms with E-state index in [1.165, 1.54) is 6.92 Å².